The molecule has 1 N–H and O–H groups in total. The molecule has 5 nitrogen and oxygen atoms in total. The summed E-state index contributed by atoms with van der Waals surface area (Å²) in [6.45, 7) is 3.93. The third kappa shape index (κ3) is 5.07. The molecule has 1 atom stereocenters. The van der Waals surface area contributed by atoms with Gasteiger partial charge in [-0.2, -0.15) is 5.10 Å². The van der Waals surface area contributed by atoms with Crippen LogP contribution in [-0.4, -0.2) is 39.0 Å². The maximum Gasteiger partial charge on any atom is 0.222 e. The number of aliphatic hydroxyl groups excluding tert-OH is 1. The molecule has 0 bridgehead atoms. The molecule has 1 aliphatic rings. The molecule has 0 radical (unpaired) electrons. The number of aliphatic hydroxyl groups is 1. The van der Waals surface area contributed by atoms with E-state index in [4.69, 9.17) is 9.84 Å². The van der Waals surface area contributed by atoms with Crippen molar-refractivity contribution in [1.82, 2.24) is 14.7 Å². The summed E-state index contributed by atoms with van der Waals surface area (Å²) in [7, 11) is 1.84. The van der Waals surface area contributed by atoms with Gasteiger partial charge in [-0.15, -0.1) is 0 Å². The van der Waals surface area contributed by atoms with Gasteiger partial charge in [0.2, 0.25) is 5.88 Å². The van der Waals surface area contributed by atoms with Crippen LogP contribution >= 0.6 is 0 Å². The fourth-order valence-electron chi connectivity index (χ4n) is 3.76. The molecule has 1 aliphatic carbocycles. The second-order valence-corrected chi connectivity index (χ2v) is 8.17. The van der Waals surface area contributed by atoms with Crippen LogP contribution < -0.4 is 4.74 Å². The third-order valence-corrected chi connectivity index (χ3v) is 5.26. The van der Waals surface area contributed by atoms with E-state index >= 15 is 0 Å². The summed E-state index contributed by atoms with van der Waals surface area (Å²) in [5, 5.41) is 14.8. The topological polar surface area (TPSA) is 50.5 Å². The van der Waals surface area contributed by atoms with Crippen molar-refractivity contribution >= 4 is 0 Å². The lowest BCUT2D eigenvalue weighted by Crippen LogP contribution is -2.32. The third-order valence-electron chi connectivity index (χ3n) is 5.26. The zero-order valence-electron chi connectivity index (χ0n) is 17.5. The van der Waals surface area contributed by atoms with Gasteiger partial charge in [0.15, 0.2) is 0 Å². The van der Waals surface area contributed by atoms with E-state index in [9.17, 15) is 9.50 Å². The van der Waals surface area contributed by atoms with Gasteiger partial charge in [-0.3, -0.25) is 4.90 Å². The number of hydrogen-bond acceptors (Lipinski definition) is 4. The molecule has 1 fully saturated rings. The second-order valence-electron chi connectivity index (χ2n) is 8.17. The van der Waals surface area contributed by atoms with Crippen molar-refractivity contribution < 1.29 is 14.2 Å². The Hall–Kier alpha value is -2.70. The van der Waals surface area contributed by atoms with E-state index in [1.54, 1.807) is 16.8 Å². The van der Waals surface area contributed by atoms with Crippen LogP contribution in [0.25, 0.3) is 11.3 Å². The molecule has 1 aromatic heterocycles. The number of benzene rings is 2. The van der Waals surface area contributed by atoms with E-state index < -0.39 is 6.10 Å². The summed E-state index contributed by atoms with van der Waals surface area (Å²) < 4.78 is 21.5. The molecule has 4 rings (SSSR count). The highest BCUT2D eigenvalue weighted by Crippen LogP contribution is 2.36. The molecule has 0 spiro atoms. The predicted octanol–water partition coefficient (Wildman–Crippen LogP) is 4.61. The van der Waals surface area contributed by atoms with Crippen LogP contribution in [0.15, 0.2) is 54.6 Å². The second kappa shape index (κ2) is 8.98. The normalized spacial score (nSPS) is 14.8. The maximum absolute atomic E-state index is 13.7. The van der Waals surface area contributed by atoms with Gasteiger partial charge in [0.05, 0.1) is 11.7 Å². The first-order valence-electron chi connectivity index (χ1n) is 10.4. The summed E-state index contributed by atoms with van der Waals surface area (Å²) in [5.41, 5.74) is 2.78. The van der Waals surface area contributed by atoms with E-state index in [2.05, 4.69) is 4.90 Å². The summed E-state index contributed by atoms with van der Waals surface area (Å²) >= 11 is 0. The minimum atomic E-state index is -0.423. The van der Waals surface area contributed by atoms with E-state index in [1.807, 2.05) is 44.3 Å². The van der Waals surface area contributed by atoms with E-state index in [0.717, 1.165) is 23.4 Å². The predicted molar refractivity (Wildman–Crippen MR) is 115 cm³/mol. The summed E-state index contributed by atoms with van der Waals surface area (Å²) in [5.74, 6) is 1.37. The average Bonchev–Trinajstić information content (AvgIpc) is 3.47. The molecular weight excluding hydrogens is 381 g/mol. The lowest BCUT2D eigenvalue weighted by atomic mass is 10.1. The number of aromatic nitrogens is 2. The Morgan fingerprint density at radius 3 is 2.63 bits per heavy atom. The molecule has 0 saturated heterocycles. The molecule has 0 amide bonds. The van der Waals surface area contributed by atoms with Gasteiger partial charge in [-0.25, -0.2) is 9.07 Å². The Morgan fingerprint density at radius 2 is 1.97 bits per heavy atom. The van der Waals surface area contributed by atoms with Gasteiger partial charge >= 0.3 is 0 Å². The van der Waals surface area contributed by atoms with E-state index in [1.165, 1.54) is 25.0 Å². The summed E-state index contributed by atoms with van der Waals surface area (Å²) in [4.78, 5) is 2.27. The Labute approximate surface area is 176 Å². The van der Waals surface area contributed by atoms with Gasteiger partial charge in [-0.1, -0.05) is 36.4 Å². The smallest absolute Gasteiger partial charge is 0.222 e. The number of nitrogens with zero attached hydrogens (tertiary/aromatic N) is 3. The molecule has 2 aromatic carbocycles. The Bertz CT molecular complexity index is 979. The minimum absolute atomic E-state index is 0.344. The van der Waals surface area contributed by atoms with Crippen molar-refractivity contribution in [3.05, 3.63) is 66.0 Å². The Balaban J connectivity index is 1.72. The fraction of sp³-hybridized carbons (Fsp3) is 0.375. The monoisotopic (exact) mass is 409 g/mol. The van der Waals surface area contributed by atoms with Gasteiger partial charge in [0.25, 0.3) is 0 Å². The van der Waals surface area contributed by atoms with Gasteiger partial charge < -0.3 is 9.84 Å². The van der Waals surface area contributed by atoms with E-state index in [-0.39, 0.29) is 5.82 Å². The van der Waals surface area contributed by atoms with Crippen molar-refractivity contribution in [3.8, 4) is 22.9 Å². The van der Waals surface area contributed by atoms with Crippen LogP contribution in [0.1, 0.15) is 25.3 Å². The number of hydrogen-bond donors (Lipinski definition) is 1. The van der Waals surface area contributed by atoms with Crippen molar-refractivity contribution in [2.45, 2.75) is 32.4 Å². The number of rotatable bonds is 9. The maximum atomic E-state index is 13.7. The van der Waals surface area contributed by atoms with Crippen molar-refractivity contribution in [2.24, 2.45) is 13.0 Å². The van der Waals surface area contributed by atoms with Crippen LogP contribution in [-0.2, 0) is 13.6 Å². The average molecular weight is 410 g/mol. The van der Waals surface area contributed by atoms with Crippen LogP contribution in [0.3, 0.4) is 0 Å². The highest BCUT2D eigenvalue weighted by atomic mass is 19.1. The zero-order chi connectivity index (χ0) is 21.1. The molecule has 30 heavy (non-hydrogen) atoms. The molecule has 6 heteroatoms. The van der Waals surface area contributed by atoms with Crippen molar-refractivity contribution in [1.29, 1.82) is 0 Å². The van der Waals surface area contributed by atoms with Crippen LogP contribution in [0, 0.1) is 11.7 Å². The molecule has 158 valence electrons. The number of ether oxygens (including phenoxy) is 1. The fourth-order valence-corrected chi connectivity index (χ4v) is 3.76. The molecular formula is C24H28FN3O2. The molecule has 0 aliphatic heterocycles. The SMILES string of the molecule is C[C@H](O)CN(Cc1c(-c2ccccc2)nn(C)c1Oc1cccc(F)c1)CC1CC1. The van der Waals surface area contributed by atoms with Crippen LogP contribution in [0.2, 0.25) is 0 Å². The van der Waals surface area contributed by atoms with Gasteiger partial charge in [0, 0.05) is 38.3 Å². The minimum Gasteiger partial charge on any atom is -0.439 e. The lowest BCUT2D eigenvalue weighted by Gasteiger charge is -2.24. The zero-order valence-corrected chi connectivity index (χ0v) is 17.5. The standard InChI is InChI=1S/C24H28FN3O2/c1-17(29)14-28(15-18-11-12-18)16-22-23(19-7-4-3-5-8-19)26-27(2)24(22)30-21-10-6-9-20(25)13-21/h3-10,13,17-18,29H,11-12,14-16H2,1-2H3/t17-/m0/s1. The first-order chi connectivity index (χ1) is 14.5. The molecule has 0 unspecified atom stereocenters. The van der Waals surface area contributed by atoms with Gasteiger partial charge in [-0.05, 0) is 37.8 Å². The molecule has 1 heterocycles. The molecule has 1 saturated carbocycles. The lowest BCUT2D eigenvalue weighted by molar-refractivity contribution is 0.119. The van der Waals surface area contributed by atoms with Crippen molar-refractivity contribution in [3.63, 3.8) is 0 Å². The highest BCUT2D eigenvalue weighted by Gasteiger charge is 2.28. The van der Waals surface area contributed by atoms with Crippen LogP contribution in [0.5, 0.6) is 11.6 Å². The highest BCUT2D eigenvalue weighted by molar-refractivity contribution is 5.65. The Morgan fingerprint density at radius 1 is 1.20 bits per heavy atom. The largest absolute Gasteiger partial charge is 0.439 e. The first-order valence-corrected chi connectivity index (χ1v) is 10.4. The van der Waals surface area contributed by atoms with Crippen LogP contribution in [0.4, 0.5) is 4.39 Å². The van der Waals surface area contributed by atoms with E-state index in [0.29, 0.717) is 30.6 Å². The first kappa shape index (κ1) is 20.6. The summed E-state index contributed by atoms with van der Waals surface area (Å²) in [6, 6.07) is 16.1. The number of aryl methyl sites for hydroxylation is 1. The Kier molecular flexibility index (Phi) is 6.16. The number of halogens is 1. The quantitative estimate of drug-likeness (QED) is 0.561. The summed E-state index contributed by atoms with van der Waals surface area (Å²) in [6.07, 6.45) is 2.05. The van der Waals surface area contributed by atoms with Gasteiger partial charge in [0.1, 0.15) is 17.3 Å². The molecule has 3 aromatic rings. The van der Waals surface area contributed by atoms with Crippen molar-refractivity contribution in [2.75, 3.05) is 13.1 Å².